The van der Waals surface area contributed by atoms with Crippen LogP contribution in [0.4, 0.5) is 5.69 Å². The van der Waals surface area contributed by atoms with E-state index in [9.17, 15) is 9.59 Å². The van der Waals surface area contributed by atoms with Crippen LogP contribution in [-0.2, 0) is 4.79 Å². The van der Waals surface area contributed by atoms with Crippen LogP contribution in [0, 0.1) is 0 Å². The normalized spacial score (nSPS) is 14.7. The zero-order chi connectivity index (χ0) is 18.3. The molecular weight excluding hydrogens is 368 g/mol. The molecule has 0 radical (unpaired) electrons. The Morgan fingerprint density at radius 2 is 1.96 bits per heavy atom. The molecule has 4 nitrogen and oxygen atoms in total. The van der Waals surface area contributed by atoms with Gasteiger partial charge < -0.3 is 0 Å². The van der Waals surface area contributed by atoms with Gasteiger partial charge in [0.2, 0.25) is 11.7 Å². The smallest absolute Gasteiger partial charge is 0.228 e. The molecule has 0 N–H and O–H groups in total. The van der Waals surface area contributed by atoms with E-state index >= 15 is 0 Å². The molecule has 0 atom stereocenters. The summed E-state index contributed by atoms with van der Waals surface area (Å²) in [5, 5.41) is 1.32. The van der Waals surface area contributed by atoms with E-state index in [2.05, 4.69) is 4.98 Å². The highest BCUT2D eigenvalue weighted by atomic mass is 35.5. The van der Waals surface area contributed by atoms with Gasteiger partial charge in [-0.25, -0.2) is 0 Å². The largest absolute Gasteiger partial charge is 0.288 e. The first-order valence-corrected chi connectivity index (χ1v) is 9.12. The molecule has 1 aliphatic rings. The van der Waals surface area contributed by atoms with Gasteiger partial charge >= 0.3 is 0 Å². The molecule has 0 saturated carbocycles. The van der Waals surface area contributed by atoms with Crippen LogP contribution < -0.4 is 4.90 Å². The summed E-state index contributed by atoms with van der Waals surface area (Å²) in [5.74, 6) is -0.292. The predicted molar refractivity (Wildman–Crippen MR) is 105 cm³/mol. The monoisotopic (exact) mass is 380 g/mol. The number of hydrogen-bond acceptors (Lipinski definition) is 4. The maximum atomic E-state index is 12.6. The summed E-state index contributed by atoms with van der Waals surface area (Å²) in [5.41, 5.74) is 1.86. The lowest BCUT2D eigenvalue weighted by Crippen LogP contribution is -2.23. The number of aromatic nitrogens is 1. The number of fused-ring (bicyclic) bond motifs is 2. The van der Waals surface area contributed by atoms with Crippen molar-refractivity contribution in [2.24, 2.45) is 0 Å². The number of thioether (sulfide) groups is 1. The number of amides is 1. The summed E-state index contributed by atoms with van der Waals surface area (Å²) in [4.78, 5) is 32.2. The van der Waals surface area contributed by atoms with E-state index in [0.717, 1.165) is 10.3 Å². The molecule has 2 aromatic carbocycles. The van der Waals surface area contributed by atoms with Crippen molar-refractivity contribution >= 4 is 51.6 Å². The van der Waals surface area contributed by atoms with Gasteiger partial charge in [0.1, 0.15) is 0 Å². The Labute approximate surface area is 159 Å². The minimum absolute atomic E-state index is 0.0805. The standard InChI is InChI=1S/C20H13ClN2O2S/c1-12(24)23(11-18-20(25)14-5-2-3-7-17(14)26-18)16-9-8-15(21)13-6-4-10-22-19(13)16/h2-11H,1H3. The number of halogens is 1. The van der Waals surface area contributed by atoms with Crippen molar-refractivity contribution in [3.8, 4) is 0 Å². The first-order valence-electron chi connectivity index (χ1n) is 7.92. The molecular formula is C20H13ClN2O2S. The van der Waals surface area contributed by atoms with Crippen molar-refractivity contribution in [2.75, 3.05) is 4.90 Å². The van der Waals surface area contributed by atoms with Crippen LogP contribution in [0.3, 0.4) is 0 Å². The van der Waals surface area contributed by atoms with Gasteiger partial charge in [-0.05, 0) is 36.4 Å². The molecule has 0 aliphatic carbocycles. The molecule has 3 aromatic rings. The molecule has 2 heterocycles. The molecule has 4 rings (SSSR count). The summed E-state index contributed by atoms with van der Waals surface area (Å²) in [6, 6.07) is 14.5. The lowest BCUT2D eigenvalue weighted by molar-refractivity contribution is -0.115. The summed E-state index contributed by atoms with van der Waals surface area (Å²) in [6.07, 6.45) is 3.24. The fraction of sp³-hybridized carbons (Fsp3) is 0.0500. The molecule has 1 aromatic heterocycles. The highest BCUT2D eigenvalue weighted by molar-refractivity contribution is 8.04. The van der Waals surface area contributed by atoms with Gasteiger partial charge in [-0.15, -0.1) is 0 Å². The molecule has 128 valence electrons. The van der Waals surface area contributed by atoms with Crippen molar-refractivity contribution in [3.63, 3.8) is 0 Å². The number of ketones is 1. The number of rotatable bonds is 2. The maximum Gasteiger partial charge on any atom is 0.228 e. The topological polar surface area (TPSA) is 50.3 Å². The van der Waals surface area contributed by atoms with Crippen molar-refractivity contribution in [2.45, 2.75) is 11.8 Å². The fourth-order valence-electron chi connectivity index (χ4n) is 2.89. The number of pyridine rings is 1. The second kappa shape index (κ2) is 6.59. The van der Waals surface area contributed by atoms with E-state index in [-0.39, 0.29) is 11.7 Å². The second-order valence-corrected chi connectivity index (χ2v) is 7.27. The van der Waals surface area contributed by atoms with Gasteiger partial charge in [0.05, 0.1) is 21.1 Å². The van der Waals surface area contributed by atoms with Crippen molar-refractivity contribution < 1.29 is 9.59 Å². The summed E-state index contributed by atoms with van der Waals surface area (Å²) in [6.45, 7) is 1.46. The molecule has 1 amide bonds. The molecule has 0 bridgehead atoms. The van der Waals surface area contributed by atoms with Crippen LogP contribution in [0.15, 0.2) is 70.7 Å². The average molecular weight is 381 g/mol. The van der Waals surface area contributed by atoms with Crippen LogP contribution in [0.2, 0.25) is 5.02 Å². The Kier molecular flexibility index (Phi) is 4.26. The Morgan fingerprint density at radius 3 is 2.73 bits per heavy atom. The number of Topliss-reactive ketones (excluding diaryl/α,β-unsaturated/α-hetero) is 1. The Morgan fingerprint density at radius 1 is 1.15 bits per heavy atom. The lowest BCUT2D eigenvalue weighted by atomic mass is 10.1. The number of nitrogens with zero attached hydrogens (tertiary/aromatic N) is 2. The van der Waals surface area contributed by atoms with Gasteiger partial charge in [-0.2, -0.15) is 0 Å². The summed E-state index contributed by atoms with van der Waals surface area (Å²) < 4.78 is 0. The van der Waals surface area contributed by atoms with Crippen LogP contribution in [-0.4, -0.2) is 16.7 Å². The van der Waals surface area contributed by atoms with E-state index in [0.29, 0.717) is 26.7 Å². The highest BCUT2D eigenvalue weighted by Gasteiger charge is 2.27. The van der Waals surface area contributed by atoms with E-state index in [1.54, 1.807) is 36.7 Å². The van der Waals surface area contributed by atoms with Gasteiger partial charge in [0.25, 0.3) is 0 Å². The van der Waals surface area contributed by atoms with Crippen LogP contribution in [0.5, 0.6) is 0 Å². The van der Waals surface area contributed by atoms with Gasteiger partial charge in [-0.1, -0.05) is 35.5 Å². The Hall–Kier alpha value is -2.63. The van der Waals surface area contributed by atoms with Crippen molar-refractivity contribution in [1.82, 2.24) is 4.98 Å². The average Bonchev–Trinajstić information content (AvgIpc) is 2.97. The van der Waals surface area contributed by atoms with Gasteiger partial charge in [0.15, 0.2) is 0 Å². The zero-order valence-electron chi connectivity index (χ0n) is 13.8. The van der Waals surface area contributed by atoms with E-state index < -0.39 is 0 Å². The fourth-order valence-corrected chi connectivity index (χ4v) is 4.12. The molecule has 1 aliphatic heterocycles. The van der Waals surface area contributed by atoms with Gasteiger partial charge in [-0.3, -0.25) is 19.5 Å². The van der Waals surface area contributed by atoms with Crippen molar-refractivity contribution in [3.05, 3.63) is 76.4 Å². The van der Waals surface area contributed by atoms with E-state index in [4.69, 9.17) is 11.6 Å². The third kappa shape index (κ3) is 2.79. The molecule has 6 heteroatoms. The van der Waals surface area contributed by atoms with Crippen LogP contribution >= 0.6 is 23.4 Å². The third-order valence-electron chi connectivity index (χ3n) is 4.12. The number of anilines is 1. The first kappa shape index (κ1) is 16.8. The van der Waals surface area contributed by atoms with Gasteiger partial charge in [0, 0.05) is 35.2 Å². The third-order valence-corrected chi connectivity index (χ3v) is 5.53. The number of benzene rings is 2. The minimum atomic E-state index is -0.212. The Balaban J connectivity index is 1.83. The lowest BCUT2D eigenvalue weighted by Gasteiger charge is -2.19. The van der Waals surface area contributed by atoms with Crippen LogP contribution in [0.1, 0.15) is 17.3 Å². The Bertz CT molecular complexity index is 1090. The molecule has 0 fully saturated rings. The quantitative estimate of drug-likeness (QED) is 0.582. The molecule has 26 heavy (non-hydrogen) atoms. The van der Waals surface area contributed by atoms with Crippen LogP contribution in [0.25, 0.3) is 10.9 Å². The SMILES string of the molecule is CC(=O)N(C=C1Sc2ccccc2C1=O)c1ccc(Cl)c2cccnc12. The number of allylic oxidation sites excluding steroid dienone is 1. The summed E-state index contributed by atoms with van der Waals surface area (Å²) in [7, 11) is 0. The summed E-state index contributed by atoms with van der Waals surface area (Å²) >= 11 is 7.61. The minimum Gasteiger partial charge on any atom is -0.288 e. The highest BCUT2D eigenvalue weighted by Crippen LogP contribution is 2.40. The number of hydrogen-bond donors (Lipinski definition) is 0. The maximum absolute atomic E-state index is 12.6. The molecule has 0 unspecified atom stereocenters. The van der Waals surface area contributed by atoms with E-state index in [1.807, 2.05) is 24.3 Å². The predicted octanol–water partition coefficient (Wildman–Crippen LogP) is 5.07. The molecule has 0 saturated heterocycles. The molecule has 0 spiro atoms. The number of carbonyl (C=O) groups is 2. The zero-order valence-corrected chi connectivity index (χ0v) is 15.3. The first-order chi connectivity index (χ1) is 12.6. The number of carbonyl (C=O) groups excluding carboxylic acids is 2. The second-order valence-electron chi connectivity index (χ2n) is 5.78. The van der Waals surface area contributed by atoms with Crippen molar-refractivity contribution in [1.29, 1.82) is 0 Å². The van der Waals surface area contributed by atoms with E-state index in [1.165, 1.54) is 23.6 Å².